The van der Waals surface area contributed by atoms with Gasteiger partial charge in [0.05, 0.1) is 29.1 Å². The zero-order valence-electron chi connectivity index (χ0n) is 15.5. The molecule has 7 nitrogen and oxygen atoms in total. The van der Waals surface area contributed by atoms with E-state index in [1.54, 1.807) is 23.9 Å². The van der Waals surface area contributed by atoms with Crippen molar-refractivity contribution < 1.29 is 23.9 Å². The van der Waals surface area contributed by atoms with Gasteiger partial charge in [-0.1, -0.05) is 30.8 Å². The van der Waals surface area contributed by atoms with Crippen molar-refractivity contribution in [1.29, 1.82) is 0 Å². The van der Waals surface area contributed by atoms with Crippen LogP contribution in [0.4, 0.5) is 5.69 Å². The van der Waals surface area contributed by atoms with Gasteiger partial charge in [0.15, 0.2) is 11.5 Å². The Hall–Kier alpha value is -3.00. The number of ether oxygens (including phenoxy) is 3. The molecule has 2 aromatic carbocycles. The third kappa shape index (κ3) is 4.28. The van der Waals surface area contributed by atoms with Gasteiger partial charge >= 0.3 is 5.69 Å². The van der Waals surface area contributed by atoms with Crippen LogP contribution in [-0.2, 0) is 0 Å². The molecule has 0 amide bonds. The highest BCUT2D eigenvalue weighted by molar-refractivity contribution is 7.99. The first kappa shape index (κ1) is 19.8. The lowest BCUT2D eigenvalue weighted by molar-refractivity contribution is -0.385. The molecule has 0 fully saturated rings. The number of carbonyl (C=O) groups excluding carboxylic acids is 1. The molecule has 146 valence electrons. The number of hydrogen-bond acceptors (Lipinski definition) is 7. The maximum Gasteiger partial charge on any atom is 0.311 e. The van der Waals surface area contributed by atoms with Gasteiger partial charge in [0.2, 0.25) is 0 Å². The van der Waals surface area contributed by atoms with Gasteiger partial charge in [-0.25, -0.2) is 0 Å². The summed E-state index contributed by atoms with van der Waals surface area (Å²) in [4.78, 5) is 24.3. The summed E-state index contributed by atoms with van der Waals surface area (Å²) in [5.41, 5.74) is 0.755. The zero-order chi connectivity index (χ0) is 20.1. The van der Waals surface area contributed by atoms with Crippen LogP contribution in [0, 0.1) is 10.1 Å². The van der Waals surface area contributed by atoms with E-state index in [0.29, 0.717) is 35.2 Å². The van der Waals surface area contributed by atoms with Gasteiger partial charge < -0.3 is 14.2 Å². The monoisotopic (exact) mass is 401 g/mol. The molecule has 0 bridgehead atoms. The van der Waals surface area contributed by atoms with E-state index in [9.17, 15) is 14.9 Å². The van der Waals surface area contributed by atoms with Crippen LogP contribution in [0.3, 0.4) is 0 Å². The number of nitrogens with zero attached hydrogens (tertiary/aromatic N) is 1. The number of rotatable bonds is 8. The Morgan fingerprint density at radius 3 is 2.86 bits per heavy atom. The first-order valence-corrected chi connectivity index (χ1v) is 9.63. The van der Waals surface area contributed by atoms with Gasteiger partial charge in [-0.15, -0.1) is 0 Å². The fourth-order valence-electron chi connectivity index (χ4n) is 2.66. The summed E-state index contributed by atoms with van der Waals surface area (Å²) in [6.07, 6.45) is 3.72. The van der Waals surface area contributed by atoms with E-state index >= 15 is 0 Å². The molecule has 0 saturated carbocycles. The maximum absolute atomic E-state index is 12.8. The van der Waals surface area contributed by atoms with Crippen LogP contribution in [0.1, 0.15) is 29.3 Å². The highest BCUT2D eigenvalue weighted by Crippen LogP contribution is 2.41. The molecule has 0 aliphatic carbocycles. The molecule has 8 heteroatoms. The first-order valence-electron chi connectivity index (χ1n) is 8.64. The van der Waals surface area contributed by atoms with E-state index in [-0.39, 0.29) is 17.2 Å². The second-order valence-corrected chi connectivity index (χ2v) is 6.90. The third-order valence-corrected chi connectivity index (χ3v) is 4.89. The summed E-state index contributed by atoms with van der Waals surface area (Å²) in [5.74, 6) is 1.57. The Kier molecular flexibility index (Phi) is 6.20. The largest absolute Gasteiger partial charge is 0.493 e. The summed E-state index contributed by atoms with van der Waals surface area (Å²) >= 11 is 1.55. The second-order valence-electron chi connectivity index (χ2n) is 5.94. The van der Waals surface area contributed by atoms with Gasteiger partial charge in [-0.2, -0.15) is 0 Å². The molecule has 0 saturated heterocycles. The smallest absolute Gasteiger partial charge is 0.311 e. The molecule has 0 radical (unpaired) electrons. The number of benzene rings is 2. The number of nitro benzene ring substituents is 1. The molecule has 0 aromatic heterocycles. The number of thioether (sulfide) groups is 1. The van der Waals surface area contributed by atoms with Crippen molar-refractivity contribution in [2.75, 3.05) is 19.7 Å². The number of hydrogen-bond donors (Lipinski definition) is 0. The second kappa shape index (κ2) is 8.79. The first-order chi connectivity index (χ1) is 13.5. The Bertz CT molecular complexity index is 941. The Morgan fingerprint density at radius 2 is 2.14 bits per heavy atom. The standard InChI is InChI=1S/C20H19NO6S/c1-3-8-26-18-11-20-19(27-12-28-20)10-14(18)16(22)6-4-13-5-7-17(25-2)15(9-13)21(23)24/h4-7,9-11H,3,8,12H2,1-2H3/b6-4+. The molecule has 1 aliphatic rings. The average Bonchev–Trinajstić information content (AvgIpc) is 3.16. The lowest BCUT2D eigenvalue weighted by Crippen LogP contribution is -2.03. The van der Waals surface area contributed by atoms with Crippen molar-refractivity contribution in [2.24, 2.45) is 0 Å². The molecule has 0 atom stereocenters. The molecule has 0 N–H and O–H groups in total. The van der Waals surface area contributed by atoms with Crippen LogP contribution in [0.5, 0.6) is 17.2 Å². The minimum atomic E-state index is -0.524. The Labute approximate surface area is 166 Å². The van der Waals surface area contributed by atoms with Crippen LogP contribution in [0.25, 0.3) is 6.08 Å². The number of carbonyl (C=O) groups is 1. The molecular formula is C20H19NO6S. The van der Waals surface area contributed by atoms with Gasteiger partial charge in [-0.05, 0) is 36.3 Å². The fraction of sp³-hybridized carbons (Fsp3) is 0.250. The van der Waals surface area contributed by atoms with Crippen molar-refractivity contribution in [1.82, 2.24) is 0 Å². The SMILES string of the molecule is CCCOc1cc2c(cc1C(=O)/C=C/c1ccc(OC)c([N+](=O)[O-])c1)OCS2. The number of methoxy groups -OCH3 is 1. The molecule has 28 heavy (non-hydrogen) atoms. The van der Waals surface area contributed by atoms with Gasteiger partial charge in [0.1, 0.15) is 17.4 Å². The number of allylic oxidation sites excluding steroid dienone is 1. The van der Waals surface area contributed by atoms with Crippen LogP contribution < -0.4 is 14.2 Å². The molecular weight excluding hydrogens is 382 g/mol. The van der Waals surface area contributed by atoms with Crippen LogP contribution in [0.15, 0.2) is 41.3 Å². The van der Waals surface area contributed by atoms with Crippen LogP contribution in [0.2, 0.25) is 0 Å². The van der Waals surface area contributed by atoms with Crippen LogP contribution >= 0.6 is 11.8 Å². The predicted octanol–water partition coefficient (Wildman–Crippen LogP) is 4.73. The normalized spacial score (nSPS) is 12.5. The highest BCUT2D eigenvalue weighted by atomic mass is 32.2. The third-order valence-electron chi connectivity index (χ3n) is 4.03. The minimum absolute atomic E-state index is 0.160. The average molecular weight is 401 g/mol. The summed E-state index contributed by atoms with van der Waals surface area (Å²) in [6, 6.07) is 8.01. The number of ketones is 1. The van der Waals surface area contributed by atoms with Crippen molar-refractivity contribution in [3.63, 3.8) is 0 Å². The Morgan fingerprint density at radius 1 is 1.32 bits per heavy atom. The molecule has 0 unspecified atom stereocenters. The zero-order valence-corrected chi connectivity index (χ0v) is 16.3. The van der Waals surface area contributed by atoms with Crippen molar-refractivity contribution in [3.8, 4) is 17.2 Å². The summed E-state index contributed by atoms with van der Waals surface area (Å²) in [5, 5.41) is 11.1. The van der Waals surface area contributed by atoms with E-state index < -0.39 is 4.92 Å². The van der Waals surface area contributed by atoms with Gasteiger partial charge in [-0.3, -0.25) is 14.9 Å². The summed E-state index contributed by atoms with van der Waals surface area (Å²) in [7, 11) is 1.37. The van der Waals surface area contributed by atoms with Gasteiger partial charge in [0, 0.05) is 6.07 Å². The molecule has 3 rings (SSSR count). The van der Waals surface area contributed by atoms with E-state index in [1.807, 2.05) is 13.0 Å². The highest BCUT2D eigenvalue weighted by Gasteiger charge is 2.20. The topological polar surface area (TPSA) is 87.9 Å². The van der Waals surface area contributed by atoms with Crippen molar-refractivity contribution in [3.05, 3.63) is 57.6 Å². The van der Waals surface area contributed by atoms with Crippen molar-refractivity contribution in [2.45, 2.75) is 18.2 Å². The van der Waals surface area contributed by atoms with E-state index in [4.69, 9.17) is 14.2 Å². The van der Waals surface area contributed by atoms with Crippen molar-refractivity contribution >= 4 is 29.3 Å². The molecule has 1 heterocycles. The number of nitro groups is 1. The van der Waals surface area contributed by atoms with E-state index in [1.165, 1.54) is 31.4 Å². The number of fused-ring (bicyclic) bond motifs is 1. The van der Waals surface area contributed by atoms with E-state index in [2.05, 4.69) is 0 Å². The van der Waals surface area contributed by atoms with Gasteiger partial charge in [0.25, 0.3) is 0 Å². The lowest BCUT2D eigenvalue weighted by atomic mass is 10.1. The molecule has 1 aliphatic heterocycles. The maximum atomic E-state index is 12.8. The van der Waals surface area contributed by atoms with Crippen LogP contribution in [-0.4, -0.2) is 30.4 Å². The lowest BCUT2D eigenvalue weighted by Gasteiger charge is -2.10. The fourth-order valence-corrected chi connectivity index (χ4v) is 3.43. The molecule has 2 aromatic rings. The summed E-state index contributed by atoms with van der Waals surface area (Å²) < 4.78 is 16.2. The predicted molar refractivity (Wildman–Crippen MR) is 107 cm³/mol. The molecule has 0 spiro atoms. The quantitative estimate of drug-likeness (QED) is 0.273. The minimum Gasteiger partial charge on any atom is -0.493 e. The van der Waals surface area contributed by atoms with E-state index in [0.717, 1.165) is 11.3 Å². The summed E-state index contributed by atoms with van der Waals surface area (Å²) in [6.45, 7) is 2.49. The Balaban J connectivity index is 1.88.